The van der Waals surface area contributed by atoms with Crippen molar-refractivity contribution < 1.29 is 4.42 Å². The Morgan fingerprint density at radius 3 is 2.94 bits per heavy atom. The van der Waals surface area contributed by atoms with Gasteiger partial charge in [0.1, 0.15) is 11.8 Å². The fourth-order valence-corrected chi connectivity index (χ4v) is 2.06. The van der Waals surface area contributed by atoms with Crippen LogP contribution in [0.5, 0.6) is 0 Å². The van der Waals surface area contributed by atoms with Gasteiger partial charge in [-0.1, -0.05) is 12.1 Å². The van der Waals surface area contributed by atoms with Crippen molar-refractivity contribution in [1.82, 2.24) is 19.7 Å². The zero-order valence-corrected chi connectivity index (χ0v) is 9.31. The molecule has 0 fully saturated rings. The van der Waals surface area contributed by atoms with E-state index in [1.165, 1.54) is 18.1 Å². The van der Waals surface area contributed by atoms with E-state index < -0.39 is 0 Å². The van der Waals surface area contributed by atoms with Gasteiger partial charge in [0.05, 0.1) is 0 Å². The first-order valence-corrected chi connectivity index (χ1v) is 5.52. The van der Waals surface area contributed by atoms with E-state index in [2.05, 4.69) is 15.1 Å². The molecule has 80 valence electrons. The normalized spacial score (nSPS) is 11.1. The van der Waals surface area contributed by atoms with Gasteiger partial charge in [-0.15, -0.1) is 0 Å². The van der Waals surface area contributed by atoms with Gasteiger partial charge in [0.2, 0.25) is 0 Å². The molecule has 0 spiro atoms. The second-order valence-corrected chi connectivity index (χ2v) is 4.13. The van der Waals surface area contributed by atoms with Gasteiger partial charge in [-0.2, -0.15) is 5.10 Å². The van der Waals surface area contributed by atoms with Crippen LogP contribution in [0.2, 0.25) is 0 Å². The summed E-state index contributed by atoms with van der Waals surface area (Å²) < 4.78 is 7.25. The predicted octanol–water partition coefficient (Wildman–Crippen LogP) is 2.11. The Balaban J connectivity index is 1.98. The molecule has 2 heterocycles. The molecule has 3 rings (SSSR count). The van der Waals surface area contributed by atoms with E-state index in [1.807, 2.05) is 31.3 Å². The van der Waals surface area contributed by atoms with Crippen LogP contribution in [-0.2, 0) is 7.05 Å². The van der Waals surface area contributed by atoms with Gasteiger partial charge in [-0.05, 0) is 12.1 Å². The van der Waals surface area contributed by atoms with Gasteiger partial charge in [0.25, 0.3) is 5.22 Å². The van der Waals surface area contributed by atoms with Crippen LogP contribution in [-0.4, -0.2) is 19.7 Å². The second-order valence-electron chi connectivity index (χ2n) is 3.22. The number of hydrogen-bond acceptors (Lipinski definition) is 5. The lowest BCUT2D eigenvalue weighted by Gasteiger charge is -1.93. The van der Waals surface area contributed by atoms with E-state index in [9.17, 15) is 0 Å². The van der Waals surface area contributed by atoms with E-state index in [0.717, 1.165) is 16.3 Å². The molecule has 3 aromatic rings. The summed E-state index contributed by atoms with van der Waals surface area (Å²) in [5.74, 6) is 0. The van der Waals surface area contributed by atoms with Crippen LogP contribution in [0.15, 0.2) is 45.4 Å². The van der Waals surface area contributed by atoms with Crippen molar-refractivity contribution in [3.8, 4) is 0 Å². The molecule has 6 heteroatoms. The number of fused-ring (bicyclic) bond motifs is 1. The summed E-state index contributed by atoms with van der Waals surface area (Å²) >= 11 is 1.36. The largest absolute Gasteiger partial charge is 0.431 e. The maximum absolute atomic E-state index is 5.57. The maximum atomic E-state index is 5.57. The Hall–Kier alpha value is -1.82. The van der Waals surface area contributed by atoms with E-state index in [4.69, 9.17) is 4.42 Å². The first kappa shape index (κ1) is 9.41. The van der Waals surface area contributed by atoms with E-state index >= 15 is 0 Å². The summed E-state index contributed by atoms with van der Waals surface area (Å²) in [5.41, 5.74) is 1.64. The van der Waals surface area contributed by atoms with Crippen molar-refractivity contribution in [2.24, 2.45) is 7.05 Å². The smallest absolute Gasteiger partial charge is 0.264 e. The van der Waals surface area contributed by atoms with Gasteiger partial charge in [0, 0.05) is 18.8 Å². The number of oxazole rings is 1. The lowest BCUT2D eigenvalue weighted by atomic mass is 10.3. The summed E-state index contributed by atoms with van der Waals surface area (Å²) in [4.78, 5) is 8.44. The van der Waals surface area contributed by atoms with Crippen LogP contribution in [0.3, 0.4) is 0 Å². The Morgan fingerprint density at radius 1 is 1.31 bits per heavy atom. The highest BCUT2D eigenvalue weighted by Gasteiger charge is 2.10. The van der Waals surface area contributed by atoms with E-state index in [1.54, 1.807) is 4.68 Å². The Morgan fingerprint density at radius 2 is 2.19 bits per heavy atom. The molecule has 16 heavy (non-hydrogen) atoms. The maximum Gasteiger partial charge on any atom is 0.264 e. The predicted molar refractivity (Wildman–Crippen MR) is 59.1 cm³/mol. The fourth-order valence-electron chi connectivity index (χ4n) is 1.35. The minimum absolute atomic E-state index is 0.581. The number of aromatic nitrogens is 4. The average Bonchev–Trinajstić information content (AvgIpc) is 2.85. The Bertz CT molecular complexity index is 597. The quantitative estimate of drug-likeness (QED) is 0.677. The molecule has 0 N–H and O–H groups in total. The third kappa shape index (κ3) is 1.57. The van der Waals surface area contributed by atoms with Crippen LogP contribution in [0.25, 0.3) is 11.1 Å². The van der Waals surface area contributed by atoms with Crippen molar-refractivity contribution >= 4 is 22.9 Å². The molecule has 0 aliphatic carbocycles. The number of hydrogen-bond donors (Lipinski definition) is 0. The van der Waals surface area contributed by atoms with Crippen molar-refractivity contribution in [2.75, 3.05) is 0 Å². The zero-order chi connectivity index (χ0) is 11.0. The van der Waals surface area contributed by atoms with Crippen LogP contribution < -0.4 is 0 Å². The van der Waals surface area contributed by atoms with Gasteiger partial charge < -0.3 is 4.42 Å². The van der Waals surface area contributed by atoms with Crippen molar-refractivity contribution in [3.05, 3.63) is 30.6 Å². The molecule has 0 radical (unpaired) electrons. The monoisotopic (exact) mass is 232 g/mol. The molecule has 0 atom stereocenters. The number of para-hydroxylation sites is 2. The average molecular weight is 232 g/mol. The van der Waals surface area contributed by atoms with Gasteiger partial charge >= 0.3 is 0 Å². The third-order valence-corrected chi connectivity index (χ3v) is 3.02. The second kappa shape index (κ2) is 3.64. The molecule has 1 aromatic carbocycles. The SMILES string of the molecule is Cn1ncnc1Sc1nc2ccccc2o1. The Kier molecular flexibility index (Phi) is 2.14. The zero-order valence-electron chi connectivity index (χ0n) is 8.49. The van der Waals surface area contributed by atoms with Crippen LogP contribution >= 0.6 is 11.8 Å². The van der Waals surface area contributed by atoms with Crippen molar-refractivity contribution in [2.45, 2.75) is 10.4 Å². The molecular weight excluding hydrogens is 224 g/mol. The fraction of sp³-hybridized carbons (Fsp3) is 0.100. The molecule has 0 aliphatic rings. The van der Waals surface area contributed by atoms with Gasteiger partial charge in [0.15, 0.2) is 10.7 Å². The number of rotatable bonds is 2. The summed E-state index contributed by atoms with van der Waals surface area (Å²) in [6.45, 7) is 0. The molecule has 0 unspecified atom stereocenters. The highest BCUT2D eigenvalue weighted by molar-refractivity contribution is 7.99. The van der Waals surface area contributed by atoms with E-state index in [-0.39, 0.29) is 0 Å². The highest BCUT2D eigenvalue weighted by Crippen LogP contribution is 2.27. The standard InChI is InChI=1S/C10H8N4OS/c1-14-9(11-6-12-14)16-10-13-7-4-2-3-5-8(7)15-10/h2-6H,1H3. The molecule has 0 bridgehead atoms. The number of aryl methyl sites for hydroxylation is 1. The van der Waals surface area contributed by atoms with E-state index in [0.29, 0.717) is 5.22 Å². The summed E-state index contributed by atoms with van der Waals surface area (Å²) in [6, 6.07) is 7.66. The van der Waals surface area contributed by atoms with Crippen LogP contribution in [0.1, 0.15) is 0 Å². The molecule has 0 aliphatic heterocycles. The lowest BCUT2D eigenvalue weighted by molar-refractivity contribution is 0.487. The number of benzene rings is 1. The summed E-state index contributed by atoms with van der Waals surface area (Å²) in [5, 5.41) is 5.32. The molecule has 0 saturated heterocycles. The van der Waals surface area contributed by atoms with Crippen LogP contribution in [0, 0.1) is 0 Å². The lowest BCUT2D eigenvalue weighted by Crippen LogP contribution is -1.91. The molecular formula is C10H8N4OS. The minimum Gasteiger partial charge on any atom is -0.431 e. The molecule has 0 amide bonds. The summed E-state index contributed by atoms with van der Waals surface area (Å²) in [6.07, 6.45) is 1.50. The van der Waals surface area contributed by atoms with Gasteiger partial charge in [-0.25, -0.2) is 14.6 Å². The van der Waals surface area contributed by atoms with Crippen molar-refractivity contribution in [3.63, 3.8) is 0 Å². The summed E-state index contributed by atoms with van der Waals surface area (Å²) in [7, 11) is 1.83. The van der Waals surface area contributed by atoms with Gasteiger partial charge in [-0.3, -0.25) is 0 Å². The minimum atomic E-state index is 0.581. The highest BCUT2D eigenvalue weighted by atomic mass is 32.2. The first-order chi connectivity index (χ1) is 7.83. The Labute approximate surface area is 95.5 Å². The van der Waals surface area contributed by atoms with Crippen LogP contribution in [0.4, 0.5) is 0 Å². The number of nitrogens with zero attached hydrogens (tertiary/aromatic N) is 4. The third-order valence-electron chi connectivity index (χ3n) is 2.12. The molecule has 5 nitrogen and oxygen atoms in total. The first-order valence-electron chi connectivity index (χ1n) is 4.70. The molecule has 0 saturated carbocycles. The topological polar surface area (TPSA) is 56.7 Å². The van der Waals surface area contributed by atoms with Crippen molar-refractivity contribution in [1.29, 1.82) is 0 Å². The molecule has 2 aromatic heterocycles.